The molecular formula is C21H24ClN3O5S. The van der Waals surface area contributed by atoms with Crippen LogP contribution in [0.1, 0.15) is 31.2 Å². The Hall–Kier alpha value is -1.94. The fourth-order valence-electron chi connectivity index (χ4n) is 4.10. The molecule has 1 aliphatic carbocycles. The van der Waals surface area contributed by atoms with E-state index in [0.29, 0.717) is 61.2 Å². The van der Waals surface area contributed by atoms with Gasteiger partial charge in [0.05, 0.1) is 33.9 Å². The Kier molecular flexibility index (Phi) is 5.54. The fourth-order valence-corrected chi connectivity index (χ4v) is 6.06. The van der Waals surface area contributed by atoms with Crippen LogP contribution in [0, 0.1) is 6.92 Å². The molecule has 2 unspecified atom stereocenters. The van der Waals surface area contributed by atoms with Crippen molar-refractivity contribution in [2.75, 3.05) is 13.2 Å². The van der Waals surface area contributed by atoms with Gasteiger partial charge in [-0.25, -0.2) is 18.4 Å². The molecule has 0 radical (unpaired) electrons. The minimum absolute atomic E-state index is 0.0390. The van der Waals surface area contributed by atoms with E-state index in [1.165, 1.54) is 18.5 Å². The number of nitrogens with one attached hydrogen (secondary N) is 1. The summed E-state index contributed by atoms with van der Waals surface area (Å²) in [6.45, 7) is 3.21. The van der Waals surface area contributed by atoms with Crippen molar-refractivity contribution >= 4 is 21.4 Å². The average Bonchev–Trinajstić information content (AvgIpc) is 3.58. The van der Waals surface area contributed by atoms with Crippen molar-refractivity contribution in [1.82, 2.24) is 15.3 Å². The van der Waals surface area contributed by atoms with E-state index in [-0.39, 0.29) is 21.3 Å². The summed E-state index contributed by atoms with van der Waals surface area (Å²) in [5, 5.41) is 3.46. The molecule has 31 heavy (non-hydrogen) atoms. The lowest BCUT2D eigenvalue weighted by Gasteiger charge is -2.39. The molecule has 3 atom stereocenters. The van der Waals surface area contributed by atoms with Gasteiger partial charge in [0, 0.05) is 24.9 Å². The van der Waals surface area contributed by atoms with Crippen LogP contribution in [-0.2, 0) is 14.6 Å². The number of rotatable bonds is 6. The zero-order valence-electron chi connectivity index (χ0n) is 17.1. The number of aromatic nitrogens is 2. The lowest BCUT2D eigenvalue weighted by molar-refractivity contribution is -0.0134. The van der Waals surface area contributed by atoms with Crippen molar-refractivity contribution in [2.45, 2.75) is 60.9 Å². The van der Waals surface area contributed by atoms with Crippen LogP contribution in [0.4, 0.5) is 0 Å². The zero-order valence-corrected chi connectivity index (χ0v) is 18.7. The molecule has 2 bridgehead atoms. The van der Waals surface area contributed by atoms with Crippen molar-refractivity contribution in [2.24, 2.45) is 0 Å². The molecule has 166 valence electrons. The van der Waals surface area contributed by atoms with E-state index in [1.807, 2.05) is 6.92 Å². The average molecular weight is 466 g/mol. The largest absolute Gasteiger partial charge is 0.474 e. The molecule has 1 aromatic heterocycles. The van der Waals surface area contributed by atoms with E-state index in [1.54, 1.807) is 6.07 Å². The molecular weight excluding hydrogens is 442 g/mol. The molecule has 5 rings (SSSR count). The summed E-state index contributed by atoms with van der Waals surface area (Å²) >= 11 is 6.33. The van der Waals surface area contributed by atoms with Crippen LogP contribution in [0.15, 0.2) is 29.4 Å². The lowest BCUT2D eigenvalue weighted by atomic mass is 9.95. The molecule has 1 saturated carbocycles. The van der Waals surface area contributed by atoms with E-state index < -0.39 is 9.84 Å². The van der Waals surface area contributed by atoms with Gasteiger partial charge >= 0.3 is 0 Å². The molecule has 2 aromatic rings. The maximum Gasteiger partial charge on any atom is 0.229 e. The Morgan fingerprint density at radius 1 is 1.13 bits per heavy atom. The second-order valence-electron chi connectivity index (χ2n) is 8.36. The third-order valence-electron chi connectivity index (χ3n) is 5.88. The van der Waals surface area contributed by atoms with Gasteiger partial charge in [-0.1, -0.05) is 11.6 Å². The van der Waals surface area contributed by atoms with Crippen LogP contribution in [0.25, 0.3) is 0 Å². The van der Waals surface area contributed by atoms with Crippen LogP contribution in [0.5, 0.6) is 17.5 Å². The summed E-state index contributed by atoms with van der Waals surface area (Å²) in [4.78, 5) is 8.72. The SMILES string of the molecule is Cc1c(Oc2ccc(S(=O)(=O)C3CC3)cc2Cl)ncnc1OC1CC2COC[C@@H](C1)N2. The molecule has 1 N–H and O–H groups in total. The minimum Gasteiger partial charge on any atom is -0.474 e. The van der Waals surface area contributed by atoms with Gasteiger partial charge in [-0.2, -0.15) is 0 Å². The monoisotopic (exact) mass is 465 g/mol. The van der Waals surface area contributed by atoms with Crippen LogP contribution in [0.2, 0.25) is 5.02 Å². The Bertz CT molecular complexity index is 1080. The number of halogens is 1. The molecule has 1 aromatic carbocycles. The molecule has 3 aliphatic rings. The molecule has 8 nitrogen and oxygen atoms in total. The highest BCUT2D eigenvalue weighted by Crippen LogP contribution is 2.38. The quantitative estimate of drug-likeness (QED) is 0.694. The molecule has 3 fully saturated rings. The topological polar surface area (TPSA) is 99.6 Å². The maximum absolute atomic E-state index is 12.4. The van der Waals surface area contributed by atoms with E-state index in [4.69, 9.17) is 25.8 Å². The van der Waals surface area contributed by atoms with E-state index in [9.17, 15) is 8.42 Å². The fraction of sp³-hybridized carbons (Fsp3) is 0.524. The summed E-state index contributed by atoms with van der Waals surface area (Å²) < 4.78 is 42.5. The van der Waals surface area contributed by atoms with Crippen LogP contribution in [0.3, 0.4) is 0 Å². The van der Waals surface area contributed by atoms with Crippen molar-refractivity contribution < 1.29 is 22.6 Å². The summed E-state index contributed by atoms with van der Waals surface area (Å²) in [5.41, 5.74) is 0.660. The molecule has 2 aliphatic heterocycles. The lowest BCUT2D eigenvalue weighted by Crippen LogP contribution is -2.56. The summed E-state index contributed by atoms with van der Waals surface area (Å²) in [6, 6.07) is 5.11. The van der Waals surface area contributed by atoms with Crippen molar-refractivity contribution in [3.63, 3.8) is 0 Å². The van der Waals surface area contributed by atoms with E-state index in [0.717, 1.165) is 12.8 Å². The van der Waals surface area contributed by atoms with E-state index >= 15 is 0 Å². The normalized spacial score (nSPS) is 25.8. The first-order valence-corrected chi connectivity index (χ1v) is 12.4. The number of piperidine rings is 1. The number of fused-ring (bicyclic) bond motifs is 2. The second kappa shape index (κ2) is 8.20. The van der Waals surface area contributed by atoms with Crippen LogP contribution < -0.4 is 14.8 Å². The highest BCUT2D eigenvalue weighted by atomic mass is 35.5. The summed E-state index contributed by atoms with van der Waals surface area (Å²) in [7, 11) is -3.32. The standard InChI is InChI=1S/C21H24ClN3O5S/c1-12-20(29-15-6-13-9-28-10-14(7-15)25-13)23-11-24-21(12)30-19-5-4-17(8-18(19)22)31(26,27)16-2-3-16/h4-5,8,11,13-16,25H,2-3,6-7,9-10H2,1H3/t13-,14?,15?/m1/s1. The number of sulfone groups is 1. The van der Waals surface area contributed by atoms with Gasteiger partial charge in [-0.15, -0.1) is 0 Å². The van der Waals surface area contributed by atoms with Gasteiger partial charge < -0.3 is 19.5 Å². The molecule has 0 spiro atoms. The van der Waals surface area contributed by atoms with Crippen molar-refractivity contribution in [1.29, 1.82) is 0 Å². The smallest absolute Gasteiger partial charge is 0.229 e. The third kappa shape index (κ3) is 4.37. The van der Waals surface area contributed by atoms with Gasteiger partial charge in [0.25, 0.3) is 0 Å². The first-order chi connectivity index (χ1) is 14.9. The number of morpholine rings is 1. The molecule has 10 heteroatoms. The highest BCUT2D eigenvalue weighted by molar-refractivity contribution is 7.92. The van der Waals surface area contributed by atoms with Gasteiger partial charge in [-0.3, -0.25) is 0 Å². The maximum atomic E-state index is 12.4. The van der Waals surface area contributed by atoms with Gasteiger partial charge in [0.1, 0.15) is 18.2 Å². The molecule has 0 amide bonds. The molecule has 2 saturated heterocycles. The van der Waals surface area contributed by atoms with Crippen molar-refractivity contribution in [3.05, 3.63) is 35.1 Å². The second-order valence-corrected chi connectivity index (χ2v) is 11.0. The van der Waals surface area contributed by atoms with Gasteiger partial charge in [0.2, 0.25) is 11.8 Å². The number of hydrogen-bond donors (Lipinski definition) is 1. The highest BCUT2D eigenvalue weighted by Gasteiger charge is 2.37. The first kappa shape index (κ1) is 20.9. The Balaban J connectivity index is 1.32. The van der Waals surface area contributed by atoms with Crippen LogP contribution in [-0.4, -0.2) is 55.0 Å². The van der Waals surface area contributed by atoms with Crippen LogP contribution >= 0.6 is 11.6 Å². The predicted octanol–water partition coefficient (Wildman–Crippen LogP) is 3.07. The predicted molar refractivity (Wildman–Crippen MR) is 114 cm³/mol. The third-order valence-corrected chi connectivity index (χ3v) is 8.43. The van der Waals surface area contributed by atoms with Gasteiger partial charge in [0.15, 0.2) is 9.84 Å². The summed E-state index contributed by atoms with van der Waals surface area (Å²) in [5.74, 6) is 1.12. The Morgan fingerprint density at radius 2 is 1.84 bits per heavy atom. The summed E-state index contributed by atoms with van der Waals surface area (Å²) in [6.07, 6.45) is 4.52. The Labute approximate surface area is 186 Å². The number of ether oxygens (including phenoxy) is 3. The number of nitrogens with zero attached hydrogens (tertiary/aromatic N) is 2. The first-order valence-electron chi connectivity index (χ1n) is 10.4. The Morgan fingerprint density at radius 3 is 2.52 bits per heavy atom. The zero-order chi connectivity index (χ0) is 21.6. The minimum atomic E-state index is -3.32. The molecule has 3 heterocycles. The van der Waals surface area contributed by atoms with E-state index in [2.05, 4.69) is 15.3 Å². The number of hydrogen-bond acceptors (Lipinski definition) is 8. The number of benzene rings is 1. The van der Waals surface area contributed by atoms with Gasteiger partial charge in [-0.05, 0) is 38.0 Å². The van der Waals surface area contributed by atoms with Crippen molar-refractivity contribution in [3.8, 4) is 17.5 Å².